The Hall–Kier alpha value is -1.58. The normalized spacial score (nSPS) is 16.8. The molecule has 0 radical (unpaired) electrons. The van der Waals surface area contributed by atoms with E-state index in [9.17, 15) is 9.18 Å². The molecule has 0 bridgehead atoms. The van der Waals surface area contributed by atoms with Gasteiger partial charge in [-0.1, -0.05) is 19.3 Å². The van der Waals surface area contributed by atoms with Gasteiger partial charge in [0.1, 0.15) is 5.82 Å². The molecule has 2 rings (SSSR count). The third kappa shape index (κ3) is 2.96. The second-order valence-corrected chi connectivity index (χ2v) is 4.56. The van der Waals surface area contributed by atoms with Gasteiger partial charge in [0.05, 0.1) is 11.4 Å². The Balaban J connectivity index is 2.02. The predicted molar refractivity (Wildman–Crippen MR) is 66.0 cm³/mol. The van der Waals surface area contributed by atoms with Crippen LogP contribution in [0.15, 0.2) is 18.2 Å². The summed E-state index contributed by atoms with van der Waals surface area (Å²) in [5.41, 5.74) is 6.42. The van der Waals surface area contributed by atoms with Crippen molar-refractivity contribution in [1.29, 1.82) is 0 Å². The van der Waals surface area contributed by atoms with Crippen LogP contribution in [0.25, 0.3) is 0 Å². The first kappa shape index (κ1) is 11.9. The molecule has 1 fully saturated rings. The van der Waals surface area contributed by atoms with E-state index in [2.05, 4.69) is 5.32 Å². The maximum Gasteiger partial charge on any atom is 0.227 e. The molecule has 1 aliphatic carbocycles. The van der Waals surface area contributed by atoms with Gasteiger partial charge in [-0.05, 0) is 31.0 Å². The summed E-state index contributed by atoms with van der Waals surface area (Å²) in [5.74, 6) is -0.311. The highest BCUT2D eigenvalue weighted by Gasteiger charge is 2.21. The molecule has 0 saturated heterocycles. The molecule has 1 aliphatic rings. The maximum atomic E-state index is 12.8. The monoisotopic (exact) mass is 236 g/mol. The van der Waals surface area contributed by atoms with Crippen molar-refractivity contribution >= 4 is 17.3 Å². The van der Waals surface area contributed by atoms with Gasteiger partial charge >= 0.3 is 0 Å². The van der Waals surface area contributed by atoms with Gasteiger partial charge in [-0.3, -0.25) is 4.79 Å². The van der Waals surface area contributed by atoms with Crippen LogP contribution in [0.3, 0.4) is 0 Å². The van der Waals surface area contributed by atoms with Crippen molar-refractivity contribution in [2.45, 2.75) is 32.1 Å². The lowest BCUT2D eigenvalue weighted by Gasteiger charge is -2.21. The number of anilines is 2. The summed E-state index contributed by atoms with van der Waals surface area (Å²) in [4.78, 5) is 11.9. The molecule has 1 saturated carbocycles. The number of nitrogen functional groups attached to an aromatic ring is 1. The lowest BCUT2D eigenvalue weighted by atomic mass is 9.88. The summed E-state index contributed by atoms with van der Waals surface area (Å²) in [5, 5.41) is 2.78. The molecule has 3 nitrogen and oxygen atoms in total. The molecule has 1 aromatic rings. The number of halogens is 1. The fraction of sp³-hybridized carbons (Fsp3) is 0.462. The Labute approximate surface area is 100 Å². The minimum atomic E-state index is -0.391. The third-order valence-electron chi connectivity index (χ3n) is 3.25. The summed E-state index contributed by atoms with van der Waals surface area (Å²) in [6.07, 6.45) is 5.30. The van der Waals surface area contributed by atoms with Gasteiger partial charge in [-0.25, -0.2) is 4.39 Å². The standard InChI is InChI=1S/C13H17FN2O/c14-10-6-7-12(11(15)8-10)16-13(17)9-4-2-1-3-5-9/h6-9H,1-5,15H2,(H,16,17). The third-order valence-corrected chi connectivity index (χ3v) is 3.25. The second kappa shape index (κ2) is 5.17. The van der Waals surface area contributed by atoms with Crippen LogP contribution >= 0.6 is 0 Å². The van der Waals surface area contributed by atoms with Gasteiger partial charge in [0.25, 0.3) is 0 Å². The van der Waals surface area contributed by atoms with Crippen LogP contribution < -0.4 is 11.1 Å². The molecule has 4 heteroatoms. The zero-order chi connectivity index (χ0) is 12.3. The highest BCUT2D eigenvalue weighted by Crippen LogP contribution is 2.26. The quantitative estimate of drug-likeness (QED) is 0.776. The van der Waals surface area contributed by atoms with Crippen LogP contribution in [0.4, 0.5) is 15.8 Å². The minimum absolute atomic E-state index is 0.00279. The predicted octanol–water partition coefficient (Wildman–Crippen LogP) is 2.93. The van der Waals surface area contributed by atoms with Gasteiger partial charge in [-0.2, -0.15) is 0 Å². The fourth-order valence-electron chi connectivity index (χ4n) is 2.25. The van der Waals surface area contributed by atoms with E-state index in [4.69, 9.17) is 5.73 Å². The average molecular weight is 236 g/mol. The van der Waals surface area contributed by atoms with Gasteiger partial charge in [0.2, 0.25) is 5.91 Å². The fourth-order valence-corrected chi connectivity index (χ4v) is 2.25. The van der Waals surface area contributed by atoms with Crippen molar-refractivity contribution in [2.24, 2.45) is 5.92 Å². The van der Waals surface area contributed by atoms with Crippen molar-refractivity contribution < 1.29 is 9.18 Å². The Bertz CT molecular complexity index is 414. The number of hydrogen-bond donors (Lipinski definition) is 2. The molecular weight excluding hydrogens is 219 g/mol. The Kier molecular flexibility index (Phi) is 3.61. The van der Waals surface area contributed by atoms with Gasteiger partial charge in [-0.15, -0.1) is 0 Å². The van der Waals surface area contributed by atoms with E-state index >= 15 is 0 Å². The van der Waals surface area contributed by atoms with Gasteiger partial charge in [0, 0.05) is 5.92 Å². The molecule has 1 aromatic carbocycles. The first-order valence-corrected chi connectivity index (χ1v) is 6.02. The van der Waals surface area contributed by atoms with E-state index in [0.717, 1.165) is 25.7 Å². The van der Waals surface area contributed by atoms with E-state index in [1.165, 1.54) is 24.6 Å². The van der Waals surface area contributed by atoms with E-state index in [1.54, 1.807) is 0 Å². The molecule has 0 unspecified atom stereocenters. The van der Waals surface area contributed by atoms with Gasteiger partial charge in [0.15, 0.2) is 0 Å². The molecular formula is C13H17FN2O. The second-order valence-electron chi connectivity index (χ2n) is 4.56. The first-order valence-electron chi connectivity index (χ1n) is 6.02. The maximum absolute atomic E-state index is 12.8. The average Bonchev–Trinajstić information content (AvgIpc) is 2.34. The number of amides is 1. The minimum Gasteiger partial charge on any atom is -0.397 e. The van der Waals surface area contributed by atoms with E-state index in [0.29, 0.717) is 5.69 Å². The lowest BCUT2D eigenvalue weighted by Crippen LogP contribution is -2.25. The summed E-state index contributed by atoms with van der Waals surface area (Å²) in [6.45, 7) is 0. The molecule has 1 amide bonds. The molecule has 0 heterocycles. The Morgan fingerprint density at radius 2 is 2.00 bits per heavy atom. The van der Waals surface area contributed by atoms with Crippen molar-refractivity contribution in [3.05, 3.63) is 24.0 Å². The van der Waals surface area contributed by atoms with Crippen LogP contribution in [0.1, 0.15) is 32.1 Å². The van der Waals surface area contributed by atoms with E-state index < -0.39 is 5.82 Å². The Morgan fingerprint density at radius 3 is 2.65 bits per heavy atom. The molecule has 0 aromatic heterocycles. The van der Waals surface area contributed by atoms with Crippen LogP contribution in [0, 0.1) is 11.7 Å². The molecule has 17 heavy (non-hydrogen) atoms. The van der Waals surface area contributed by atoms with E-state index in [1.807, 2.05) is 0 Å². The largest absolute Gasteiger partial charge is 0.397 e. The van der Waals surface area contributed by atoms with Crippen LogP contribution in [-0.4, -0.2) is 5.91 Å². The van der Waals surface area contributed by atoms with Crippen molar-refractivity contribution in [2.75, 3.05) is 11.1 Å². The molecule has 0 aliphatic heterocycles. The van der Waals surface area contributed by atoms with Crippen molar-refractivity contribution in [3.63, 3.8) is 0 Å². The van der Waals surface area contributed by atoms with Crippen LogP contribution in [-0.2, 0) is 4.79 Å². The molecule has 0 atom stereocenters. The Morgan fingerprint density at radius 1 is 1.29 bits per heavy atom. The van der Waals surface area contributed by atoms with Crippen LogP contribution in [0.5, 0.6) is 0 Å². The smallest absolute Gasteiger partial charge is 0.227 e. The lowest BCUT2D eigenvalue weighted by molar-refractivity contribution is -0.120. The zero-order valence-electron chi connectivity index (χ0n) is 9.71. The number of nitrogens with two attached hydrogens (primary N) is 1. The highest BCUT2D eigenvalue weighted by molar-refractivity contribution is 5.95. The van der Waals surface area contributed by atoms with Crippen LogP contribution in [0.2, 0.25) is 0 Å². The summed E-state index contributed by atoms with van der Waals surface area (Å²) in [6, 6.07) is 4.02. The van der Waals surface area contributed by atoms with Crippen molar-refractivity contribution in [3.8, 4) is 0 Å². The SMILES string of the molecule is Nc1cc(F)ccc1NC(=O)C1CCCCC1. The molecule has 92 valence electrons. The number of benzene rings is 1. The highest BCUT2D eigenvalue weighted by atomic mass is 19.1. The number of hydrogen-bond acceptors (Lipinski definition) is 2. The first-order chi connectivity index (χ1) is 8.16. The topological polar surface area (TPSA) is 55.1 Å². The van der Waals surface area contributed by atoms with Crippen molar-refractivity contribution in [1.82, 2.24) is 0 Å². The number of rotatable bonds is 2. The summed E-state index contributed by atoms with van der Waals surface area (Å²) >= 11 is 0. The summed E-state index contributed by atoms with van der Waals surface area (Å²) in [7, 11) is 0. The molecule has 3 N–H and O–H groups in total. The molecule has 0 spiro atoms. The summed E-state index contributed by atoms with van der Waals surface area (Å²) < 4.78 is 12.8. The van der Waals surface area contributed by atoms with Gasteiger partial charge < -0.3 is 11.1 Å². The number of nitrogens with one attached hydrogen (secondary N) is 1. The number of carbonyl (C=O) groups excluding carboxylic acids is 1. The van der Waals surface area contributed by atoms with E-state index in [-0.39, 0.29) is 17.5 Å². The number of carbonyl (C=O) groups is 1. The zero-order valence-corrected chi connectivity index (χ0v) is 9.71.